The smallest absolute Gasteiger partial charge is 0.254 e. The minimum atomic E-state index is -0.248. The number of nitrogens with one attached hydrogen (secondary N) is 1. The molecule has 0 radical (unpaired) electrons. The third kappa shape index (κ3) is 5.02. The number of amides is 2. The number of nitrogens with zero attached hydrogens (tertiary/aromatic N) is 1. The van der Waals surface area contributed by atoms with E-state index < -0.39 is 0 Å². The van der Waals surface area contributed by atoms with Crippen LogP contribution in [0, 0.1) is 6.92 Å². The second-order valence-electron chi connectivity index (χ2n) is 4.67. The van der Waals surface area contributed by atoms with Gasteiger partial charge in [0.05, 0.1) is 13.2 Å². The molecule has 116 valence electrons. The summed E-state index contributed by atoms with van der Waals surface area (Å²) in [6, 6.07) is 3.44. The van der Waals surface area contributed by atoms with E-state index in [1.807, 2.05) is 0 Å². The third-order valence-corrected chi connectivity index (χ3v) is 3.46. The lowest BCUT2D eigenvalue weighted by Gasteiger charge is -2.19. The molecule has 0 saturated heterocycles. The fraction of sp³-hybridized carbons (Fsp3) is 0.429. The summed E-state index contributed by atoms with van der Waals surface area (Å²) in [5.41, 5.74) is 7.56. The Hall–Kier alpha value is -1.60. The topological polar surface area (TPSA) is 84.7 Å². The van der Waals surface area contributed by atoms with Crippen LogP contribution in [0.25, 0.3) is 0 Å². The Morgan fingerprint density at radius 1 is 1.43 bits per heavy atom. The van der Waals surface area contributed by atoms with E-state index in [2.05, 4.69) is 21.2 Å². The highest BCUT2D eigenvalue weighted by atomic mass is 79.9. The summed E-state index contributed by atoms with van der Waals surface area (Å²) in [5, 5.41) is 2.67. The average molecular weight is 358 g/mol. The number of carbonyl (C=O) groups excluding carboxylic acids is 2. The van der Waals surface area contributed by atoms with E-state index in [1.54, 1.807) is 33.2 Å². The predicted octanol–water partition coefficient (Wildman–Crippen LogP) is 1.17. The molecule has 0 atom stereocenters. The molecule has 0 aliphatic heterocycles. The molecule has 0 aromatic heterocycles. The maximum Gasteiger partial charge on any atom is 0.254 e. The highest BCUT2D eigenvalue weighted by molar-refractivity contribution is 9.10. The van der Waals surface area contributed by atoms with Crippen LogP contribution in [0.3, 0.4) is 0 Å². The molecule has 7 heteroatoms. The first-order chi connectivity index (χ1) is 9.86. The summed E-state index contributed by atoms with van der Waals surface area (Å²) < 4.78 is 5.57. The molecule has 0 aliphatic rings. The van der Waals surface area contributed by atoms with E-state index in [9.17, 15) is 9.59 Å². The van der Waals surface area contributed by atoms with E-state index >= 15 is 0 Å². The van der Waals surface area contributed by atoms with Gasteiger partial charge in [0.1, 0.15) is 0 Å². The number of halogens is 1. The molecule has 6 nitrogen and oxygen atoms in total. The molecule has 0 fully saturated rings. The second-order valence-corrected chi connectivity index (χ2v) is 5.59. The predicted molar refractivity (Wildman–Crippen MR) is 85.1 cm³/mol. The number of nitrogen functional groups attached to an aromatic ring is 1. The van der Waals surface area contributed by atoms with Crippen molar-refractivity contribution < 1.29 is 14.3 Å². The number of rotatable bonds is 6. The lowest BCUT2D eigenvalue weighted by Crippen LogP contribution is -2.39. The van der Waals surface area contributed by atoms with Gasteiger partial charge in [-0.15, -0.1) is 0 Å². The minimum Gasteiger partial charge on any atom is -0.398 e. The Morgan fingerprint density at radius 3 is 2.71 bits per heavy atom. The quantitative estimate of drug-likeness (QED) is 0.591. The molecule has 0 spiro atoms. The van der Waals surface area contributed by atoms with Gasteiger partial charge in [0, 0.05) is 36.4 Å². The van der Waals surface area contributed by atoms with Crippen molar-refractivity contribution in [3.63, 3.8) is 0 Å². The van der Waals surface area contributed by atoms with Crippen LogP contribution >= 0.6 is 15.9 Å². The van der Waals surface area contributed by atoms with E-state index in [4.69, 9.17) is 10.5 Å². The third-order valence-electron chi connectivity index (χ3n) is 3.00. The fourth-order valence-corrected chi connectivity index (χ4v) is 2.24. The Kier molecular flexibility index (Phi) is 6.64. The molecule has 3 N–H and O–H groups in total. The van der Waals surface area contributed by atoms with Gasteiger partial charge in [0.2, 0.25) is 5.91 Å². The number of hydrogen-bond acceptors (Lipinski definition) is 4. The summed E-state index contributed by atoms with van der Waals surface area (Å²) in [5.74, 6) is -0.481. The van der Waals surface area contributed by atoms with Crippen molar-refractivity contribution in [1.29, 1.82) is 0 Å². The molecule has 1 aromatic carbocycles. The Bertz CT molecular complexity index is 534. The van der Waals surface area contributed by atoms with Gasteiger partial charge in [-0.1, -0.05) is 15.9 Å². The molecule has 0 unspecified atom stereocenters. The zero-order chi connectivity index (χ0) is 16.0. The van der Waals surface area contributed by atoms with Crippen molar-refractivity contribution in [1.82, 2.24) is 10.2 Å². The number of ether oxygens (including phenoxy) is 1. The zero-order valence-corrected chi connectivity index (χ0v) is 14.0. The Morgan fingerprint density at radius 2 is 2.10 bits per heavy atom. The van der Waals surface area contributed by atoms with Crippen LogP contribution in [0.15, 0.2) is 16.6 Å². The van der Waals surface area contributed by atoms with Gasteiger partial charge in [-0.2, -0.15) is 0 Å². The molecule has 1 rings (SSSR count). The number of carbonyl (C=O) groups is 2. The van der Waals surface area contributed by atoms with E-state index in [-0.39, 0.29) is 18.4 Å². The first-order valence-electron chi connectivity index (χ1n) is 6.43. The number of methoxy groups -OCH3 is 1. The standard InChI is InChI=1S/C14H20BrN3O3/c1-9-11(6-10(15)7-12(9)16)14(20)18(2)8-13(19)17-4-5-21-3/h6-7H,4-5,8,16H2,1-3H3,(H,17,19). The molecule has 0 bridgehead atoms. The van der Waals surface area contributed by atoms with Crippen molar-refractivity contribution in [3.8, 4) is 0 Å². The summed E-state index contributed by atoms with van der Waals surface area (Å²) in [4.78, 5) is 25.4. The van der Waals surface area contributed by atoms with Gasteiger partial charge in [0.15, 0.2) is 0 Å². The van der Waals surface area contributed by atoms with Crippen LogP contribution < -0.4 is 11.1 Å². The van der Waals surface area contributed by atoms with E-state index in [0.29, 0.717) is 30.0 Å². The normalized spacial score (nSPS) is 10.3. The first kappa shape index (κ1) is 17.5. The molecule has 21 heavy (non-hydrogen) atoms. The Labute approximate surface area is 132 Å². The monoisotopic (exact) mass is 357 g/mol. The van der Waals surface area contributed by atoms with Gasteiger partial charge >= 0.3 is 0 Å². The van der Waals surface area contributed by atoms with Crippen LogP contribution in [0.5, 0.6) is 0 Å². The van der Waals surface area contributed by atoms with Gasteiger partial charge < -0.3 is 20.7 Å². The first-order valence-corrected chi connectivity index (χ1v) is 7.22. The maximum atomic E-state index is 12.4. The summed E-state index contributed by atoms with van der Waals surface area (Å²) in [6.07, 6.45) is 0. The van der Waals surface area contributed by atoms with Crippen molar-refractivity contribution in [2.75, 3.05) is 39.6 Å². The van der Waals surface area contributed by atoms with Crippen LogP contribution in [0.4, 0.5) is 5.69 Å². The lowest BCUT2D eigenvalue weighted by atomic mass is 10.1. The lowest BCUT2D eigenvalue weighted by molar-refractivity contribution is -0.121. The summed E-state index contributed by atoms with van der Waals surface area (Å²) >= 11 is 3.31. The number of nitrogens with two attached hydrogens (primary N) is 1. The van der Waals surface area contributed by atoms with Crippen molar-refractivity contribution in [2.45, 2.75) is 6.92 Å². The van der Waals surface area contributed by atoms with E-state index in [1.165, 1.54) is 4.90 Å². The molecule has 2 amide bonds. The van der Waals surface area contributed by atoms with Gasteiger partial charge in [-0.25, -0.2) is 0 Å². The average Bonchev–Trinajstić information content (AvgIpc) is 2.42. The highest BCUT2D eigenvalue weighted by Crippen LogP contribution is 2.23. The molecular formula is C14H20BrN3O3. The maximum absolute atomic E-state index is 12.4. The largest absolute Gasteiger partial charge is 0.398 e. The van der Waals surface area contributed by atoms with Gasteiger partial charge in [0.25, 0.3) is 5.91 Å². The van der Waals surface area contributed by atoms with Crippen molar-refractivity contribution >= 4 is 33.4 Å². The molecule has 0 aliphatic carbocycles. The van der Waals surface area contributed by atoms with E-state index in [0.717, 1.165) is 4.47 Å². The van der Waals surface area contributed by atoms with Gasteiger partial charge in [-0.3, -0.25) is 9.59 Å². The summed E-state index contributed by atoms with van der Waals surface area (Å²) in [6.45, 7) is 2.61. The van der Waals surface area contributed by atoms with Crippen molar-refractivity contribution in [3.05, 3.63) is 27.7 Å². The van der Waals surface area contributed by atoms with Crippen LogP contribution in [-0.2, 0) is 9.53 Å². The second kappa shape index (κ2) is 7.99. The molecule has 0 heterocycles. The van der Waals surface area contributed by atoms with Gasteiger partial charge in [-0.05, 0) is 24.6 Å². The SMILES string of the molecule is COCCNC(=O)CN(C)C(=O)c1cc(Br)cc(N)c1C. The molecular weight excluding hydrogens is 338 g/mol. The number of hydrogen-bond donors (Lipinski definition) is 2. The Balaban J connectivity index is 2.73. The van der Waals surface area contributed by atoms with Crippen LogP contribution in [0.2, 0.25) is 0 Å². The van der Waals surface area contributed by atoms with Crippen molar-refractivity contribution in [2.24, 2.45) is 0 Å². The van der Waals surface area contributed by atoms with Crippen LogP contribution in [0.1, 0.15) is 15.9 Å². The minimum absolute atomic E-state index is 0.0194. The molecule has 0 saturated carbocycles. The highest BCUT2D eigenvalue weighted by Gasteiger charge is 2.18. The molecule has 1 aromatic rings. The number of benzene rings is 1. The number of likely N-dealkylation sites (N-methyl/N-ethyl adjacent to an activating group) is 1. The summed E-state index contributed by atoms with van der Waals surface area (Å²) in [7, 11) is 3.14. The zero-order valence-electron chi connectivity index (χ0n) is 12.4. The number of anilines is 1. The fourth-order valence-electron chi connectivity index (χ4n) is 1.76. The van der Waals surface area contributed by atoms with Crippen LogP contribution in [-0.4, -0.2) is 50.6 Å².